The van der Waals surface area contributed by atoms with Crippen LogP contribution in [0.5, 0.6) is 0 Å². The van der Waals surface area contributed by atoms with Gasteiger partial charge in [0.2, 0.25) is 0 Å². The number of carbonyl (C=O) groups is 1. The second-order valence-electron chi connectivity index (χ2n) is 2.02. The molecule has 1 aromatic rings. The van der Waals surface area contributed by atoms with Gasteiger partial charge in [0.05, 0.1) is 0 Å². The van der Waals surface area contributed by atoms with Gasteiger partial charge in [-0.2, -0.15) is 8.42 Å². The molecule has 1 rings (SSSR count). The van der Waals surface area contributed by atoms with Gasteiger partial charge in [0.1, 0.15) is 6.33 Å². The normalized spacial score (nSPS) is 10.8. The average Bonchev–Trinajstić information content (AvgIpc) is 2.04. The molecule has 0 atom stereocenters. The fourth-order valence-electron chi connectivity index (χ4n) is 0.622. The molecule has 8 heteroatoms. The molecule has 0 aliphatic carbocycles. The van der Waals surface area contributed by atoms with Crippen LogP contribution in [0, 0.1) is 0 Å². The number of primary amides is 1. The highest BCUT2D eigenvalue weighted by atomic mass is 32.2. The van der Waals surface area contributed by atoms with E-state index in [-0.39, 0.29) is 5.03 Å². The van der Waals surface area contributed by atoms with Gasteiger partial charge in [-0.15, -0.1) is 0 Å². The molecule has 0 saturated carbocycles. The zero-order chi connectivity index (χ0) is 9.90. The second-order valence-corrected chi connectivity index (χ2v) is 3.65. The molecule has 0 radical (unpaired) electrons. The molecule has 0 aliphatic rings. The van der Waals surface area contributed by atoms with Crippen molar-refractivity contribution in [3.05, 3.63) is 18.6 Å². The van der Waals surface area contributed by atoms with Crippen molar-refractivity contribution in [2.24, 2.45) is 5.73 Å². The summed E-state index contributed by atoms with van der Waals surface area (Å²) in [6.07, 6.45) is 2.29. The second kappa shape index (κ2) is 3.35. The Morgan fingerprint density at radius 2 is 2.23 bits per heavy atom. The molecule has 0 aromatic carbocycles. The van der Waals surface area contributed by atoms with Gasteiger partial charge in [0, 0.05) is 6.20 Å². The van der Waals surface area contributed by atoms with Gasteiger partial charge in [-0.25, -0.2) is 19.5 Å². The Hall–Kier alpha value is -1.70. The summed E-state index contributed by atoms with van der Waals surface area (Å²) >= 11 is 0. The van der Waals surface area contributed by atoms with E-state index in [4.69, 9.17) is 0 Å². The minimum absolute atomic E-state index is 0.304. The van der Waals surface area contributed by atoms with Crippen molar-refractivity contribution < 1.29 is 13.2 Å². The maximum Gasteiger partial charge on any atom is 0.326 e. The number of nitrogens with two attached hydrogens (primary N) is 1. The minimum Gasteiger partial charge on any atom is -0.351 e. The molecule has 7 nitrogen and oxygen atoms in total. The molecular weight excluding hydrogens is 196 g/mol. The molecule has 13 heavy (non-hydrogen) atoms. The molecule has 1 aromatic heterocycles. The van der Waals surface area contributed by atoms with Crippen LogP contribution in [0.15, 0.2) is 23.6 Å². The van der Waals surface area contributed by atoms with E-state index in [1.807, 2.05) is 0 Å². The van der Waals surface area contributed by atoms with Gasteiger partial charge >= 0.3 is 6.03 Å². The number of nitrogens with one attached hydrogen (secondary N) is 1. The molecule has 0 aliphatic heterocycles. The van der Waals surface area contributed by atoms with E-state index in [9.17, 15) is 13.2 Å². The summed E-state index contributed by atoms with van der Waals surface area (Å²) < 4.78 is 23.8. The fraction of sp³-hybridized carbons (Fsp3) is 0. The van der Waals surface area contributed by atoms with E-state index in [1.54, 1.807) is 4.72 Å². The van der Waals surface area contributed by atoms with Crippen LogP contribution in [-0.4, -0.2) is 24.4 Å². The number of nitrogens with zero attached hydrogens (tertiary/aromatic N) is 2. The first-order valence-electron chi connectivity index (χ1n) is 3.10. The Kier molecular flexibility index (Phi) is 2.42. The third-order valence-corrected chi connectivity index (χ3v) is 2.33. The zero-order valence-electron chi connectivity index (χ0n) is 6.34. The van der Waals surface area contributed by atoms with Crippen LogP contribution in [0.1, 0.15) is 0 Å². The molecule has 1 heterocycles. The Balaban J connectivity index is 3.02. The van der Waals surface area contributed by atoms with E-state index in [2.05, 4.69) is 15.7 Å². The van der Waals surface area contributed by atoms with Crippen molar-refractivity contribution >= 4 is 16.1 Å². The highest BCUT2D eigenvalue weighted by molar-refractivity contribution is 7.90. The molecular formula is C5H6N4O3S. The number of aromatic nitrogens is 2. The smallest absolute Gasteiger partial charge is 0.326 e. The quantitative estimate of drug-likeness (QED) is 0.586. The van der Waals surface area contributed by atoms with Crippen molar-refractivity contribution in [3.63, 3.8) is 0 Å². The number of urea groups is 1. The van der Waals surface area contributed by atoms with Crippen molar-refractivity contribution in [2.75, 3.05) is 0 Å². The van der Waals surface area contributed by atoms with E-state index in [1.165, 1.54) is 6.20 Å². The molecule has 3 N–H and O–H groups in total. The van der Waals surface area contributed by atoms with Gasteiger partial charge in [-0.1, -0.05) is 0 Å². The summed E-state index contributed by atoms with van der Waals surface area (Å²) in [5, 5.41) is -0.304. The summed E-state index contributed by atoms with van der Waals surface area (Å²) in [4.78, 5) is 17.2. The molecule has 0 unspecified atom stereocenters. The monoisotopic (exact) mass is 202 g/mol. The van der Waals surface area contributed by atoms with Gasteiger partial charge in [-0.3, -0.25) is 0 Å². The van der Waals surface area contributed by atoms with Gasteiger partial charge < -0.3 is 5.73 Å². The van der Waals surface area contributed by atoms with Crippen molar-refractivity contribution in [1.29, 1.82) is 0 Å². The van der Waals surface area contributed by atoms with Crippen LogP contribution >= 0.6 is 0 Å². The topological polar surface area (TPSA) is 115 Å². The van der Waals surface area contributed by atoms with Gasteiger partial charge in [-0.05, 0) is 6.07 Å². The largest absolute Gasteiger partial charge is 0.351 e. The number of sulfonamides is 1. The molecule has 0 saturated heterocycles. The van der Waals surface area contributed by atoms with Crippen LogP contribution in [-0.2, 0) is 10.0 Å². The van der Waals surface area contributed by atoms with Gasteiger partial charge in [0.25, 0.3) is 10.0 Å². The van der Waals surface area contributed by atoms with Crippen molar-refractivity contribution in [1.82, 2.24) is 14.7 Å². The third-order valence-electron chi connectivity index (χ3n) is 1.07. The Labute approximate surface area is 74.0 Å². The first-order valence-corrected chi connectivity index (χ1v) is 4.59. The predicted molar refractivity (Wildman–Crippen MR) is 41.9 cm³/mol. The Morgan fingerprint density at radius 3 is 2.69 bits per heavy atom. The summed E-state index contributed by atoms with van der Waals surface area (Å²) in [7, 11) is -3.94. The summed E-state index contributed by atoms with van der Waals surface area (Å²) in [6.45, 7) is 0. The van der Waals surface area contributed by atoms with Crippen molar-refractivity contribution in [3.8, 4) is 0 Å². The molecule has 0 spiro atoms. The van der Waals surface area contributed by atoms with Crippen LogP contribution in [0.3, 0.4) is 0 Å². The van der Waals surface area contributed by atoms with E-state index in [0.717, 1.165) is 12.4 Å². The summed E-state index contributed by atoms with van der Waals surface area (Å²) in [5.74, 6) is 0. The highest BCUT2D eigenvalue weighted by Gasteiger charge is 2.16. The number of carbonyl (C=O) groups excluding carboxylic acids is 1. The zero-order valence-corrected chi connectivity index (χ0v) is 7.15. The molecule has 0 bridgehead atoms. The van der Waals surface area contributed by atoms with Gasteiger partial charge in [0.15, 0.2) is 5.03 Å². The first kappa shape index (κ1) is 9.39. The lowest BCUT2D eigenvalue weighted by atomic mass is 10.7. The number of amides is 2. The number of hydrogen-bond acceptors (Lipinski definition) is 5. The summed E-state index contributed by atoms with van der Waals surface area (Å²) in [6, 6.07) is -0.00994. The lowest BCUT2D eigenvalue weighted by Gasteiger charge is -2.01. The Bertz CT molecular complexity index is 401. The first-order chi connectivity index (χ1) is 6.02. The van der Waals surface area contributed by atoms with Crippen molar-refractivity contribution in [2.45, 2.75) is 5.03 Å². The lowest BCUT2D eigenvalue weighted by molar-refractivity contribution is 0.253. The SMILES string of the molecule is NC(=O)NS(=O)(=O)c1ccncn1. The minimum atomic E-state index is -3.94. The van der Waals surface area contributed by atoms with Crippen LogP contribution in [0.2, 0.25) is 0 Å². The maximum atomic E-state index is 11.1. The standard InChI is InChI=1S/C5H6N4O3S/c6-5(10)9-13(11,12)4-1-2-7-3-8-4/h1-3H,(H3,6,9,10). The number of rotatable bonds is 2. The Morgan fingerprint density at radius 1 is 1.54 bits per heavy atom. The highest BCUT2D eigenvalue weighted by Crippen LogP contribution is 2.00. The average molecular weight is 202 g/mol. The van der Waals surface area contributed by atoms with E-state index < -0.39 is 16.1 Å². The third kappa shape index (κ3) is 2.37. The maximum absolute atomic E-state index is 11.1. The lowest BCUT2D eigenvalue weighted by Crippen LogP contribution is -2.35. The fourth-order valence-corrected chi connectivity index (χ4v) is 1.42. The summed E-state index contributed by atoms with van der Waals surface area (Å²) in [5.41, 5.74) is 4.64. The molecule has 0 fully saturated rings. The van der Waals surface area contributed by atoms with Crippen LogP contribution in [0.4, 0.5) is 4.79 Å². The number of hydrogen-bond donors (Lipinski definition) is 2. The van der Waals surface area contributed by atoms with E-state index >= 15 is 0 Å². The van der Waals surface area contributed by atoms with E-state index in [0.29, 0.717) is 0 Å². The predicted octanol–water partition coefficient (Wildman–Crippen LogP) is -1.17. The molecule has 2 amide bonds. The van der Waals surface area contributed by atoms with Crippen LogP contribution < -0.4 is 10.5 Å². The molecule has 70 valence electrons. The van der Waals surface area contributed by atoms with Crippen LogP contribution in [0.25, 0.3) is 0 Å².